The predicted molar refractivity (Wildman–Crippen MR) is 136 cm³/mol. The molecule has 0 spiro atoms. The van der Waals surface area contributed by atoms with Gasteiger partial charge in [-0.25, -0.2) is 12.6 Å². The van der Waals surface area contributed by atoms with Gasteiger partial charge in [0.25, 0.3) is 0 Å². The fourth-order valence-corrected chi connectivity index (χ4v) is 5.65. The van der Waals surface area contributed by atoms with Crippen molar-refractivity contribution in [2.45, 2.75) is 43.0 Å². The zero-order valence-corrected chi connectivity index (χ0v) is 23.6. The lowest BCUT2D eigenvalue weighted by molar-refractivity contribution is 0.0420. The Morgan fingerprint density at radius 3 is 1.95 bits per heavy atom. The van der Waals surface area contributed by atoms with Crippen LogP contribution in [-0.4, -0.2) is 68.8 Å². The number of sulfone groups is 1. The van der Waals surface area contributed by atoms with Gasteiger partial charge in [0.05, 0.1) is 45.5 Å². The molecule has 0 radical (unpaired) electrons. The molecule has 0 saturated carbocycles. The number of hydrogen-bond acceptors (Lipinski definition) is 11. The predicted octanol–water partition coefficient (Wildman–Crippen LogP) is 3.30. The van der Waals surface area contributed by atoms with Crippen molar-refractivity contribution in [2.75, 3.05) is 41.3 Å². The van der Waals surface area contributed by atoms with Crippen LogP contribution in [0.3, 0.4) is 0 Å². The first kappa shape index (κ1) is 29.8. The second kappa shape index (κ2) is 11.9. The van der Waals surface area contributed by atoms with Crippen molar-refractivity contribution in [3.63, 3.8) is 0 Å². The molecular weight excluding hydrogens is 544 g/mol. The molecule has 1 saturated heterocycles. The minimum absolute atomic E-state index is 0.0211. The summed E-state index contributed by atoms with van der Waals surface area (Å²) in [5.74, 6) is 1.67. The minimum Gasteiger partial charge on any atom is -0.493 e. The molecule has 2 aromatic rings. The van der Waals surface area contributed by atoms with Gasteiger partial charge in [-0.05, 0) is 43.5 Å². The summed E-state index contributed by atoms with van der Waals surface area (Å²) in [7, 11) is -2.48. The maximum absolute atomic E-state index is 12.7. The van der Waals surface area contributed by atoms with Crippen molar-refractivity contribution in [1.29, 1.82) is 0 Å². The van der Waals surface area contributed by atoms with Crippen molar-refractivity contribution < 1.29 is 54.0 Å². The molecule has 2 aromatic carbocycles. The van der Waals surface area contributed by atoms with Crippen LogP contribution < -0.4 is 23.7 Å². The average molecular weight is 577 g/mol. The van der Waals surface area contributed by atoms with Gasteiger partial charge in [0.2, 0.25) is 5.75 Å². The van der Waals surface area contributed by atoms with Crippen LogP contribution in [0.1, 0.15) is 43.1 Å². The molecule has 1 N–H and O–H groups in total. The zero-order valence-electron chi connectivity index (χ0n) is 21.9. The second-order valence-corrected chi connectivity index (χ2v) is 11.6. The van der Waals surface area contributed by atoms with Crippen molar-refractivity contribution >= 4 is 20.2 Å². The Hall–Kier alpha value is -2.78. The van der Waals surface area contributed by atoms with Crippen molar-refractivity contribution in [3.05, 3.63) is 35.4 Å². The summed E-state index contributed by atoms with van der Waals surface area (Å²) < 4.78 is 94.2. The normalized spacial score (nSPS) is 18.6. The standard InChI is InChI=1S/C24H32O12S2/c1-14(36-38(27,28)29)13-34-20-12-23(37(6,25)26)16(11-19(20)30-2)18-8-7-17(35-18)15-9-21(31-3)24(33-5)22(10-15)32-4/h9-12,14,17-18H,7-8,13H2,1-6H3,(H,27,28,29)/t14?,17-,18-/m1/s1. The van der Waals surface area contributed by atoms with Crippen LogP contribution in [0.4, 0.5) is 0 Å². The van der Waals surface area contributed by atoms with E-state index in [-0.39, 0.29) is 29.1 Å². The smallest absolute Gasteiger partial charge is 0.397 e. The summed E-state index contributed by atoms with van der Waals surface area (Å²) in [5.41, 5.74) is 1.18. The number of benzene rings is 2. The van der Waals surface area contributed by atoms with Gasteiger partial charge < -0.3 is 28.4 Å². The molecule has 0 amide bonds. The number of rotatable bonds is 12. The summed E-state index contributed by atoms with van der Waals surface area (Å²) in [4.78, 5) is -0.0211. The maximum Gasteiger partial charge on any atom is 0.397 e. The largest absolute Gasteiger partial charge is 0.493 e. The van der Waals surface area contributed by atoms with Crippen LogP contribution in [-0.2, 0) is 29.2 Å². The highest BCUT2D eigenvalue weighted by molar-refractivity contribution is 7.90. The first-order chi connectivity index (χ1) is 17.8. The molecule has 0 aliphatic carbocycles. The van der Waals surface area contributed by atoms with Gasteiger partial charge in [0, 0.05) is 17.9 Å². The Labute approximate surface area is 222 Å². The first-order valence-electron chi connectivity index (χ1n) is 11.5. The van der Waals surface area contributed by atoms with E-state index in [1.165, 1.54) is 47.5 Å². The maximum atomic E-state index is 12.7. The molecule has 3 atom stereocenters. The van der Waals surface area contributed by atoms with E-state index in [0.29, 0.717) is 35.7 Å². The lowest BCUT2D eigenvalue weighted by Gasteiger charge is -2.21. The molecule has 212 valence electrons. The van der Waals surface area contributed by atoms with Gasteiger partial charge in [0.15, 0.2) is 32.8 Å². The molecule has 3 rings (SSSR count). The zero-order chi connectivity index (χ0) is 28.3. The first-order valence-corrected chi connectivity index (χ1v) is 14.7. The van der Waals surface area contributed by atoms with Gasteiger partial charge in [-0.2, -0.15) is 8.42 Å². The third kappa shape index (κ3) is 6.99. The van der Waals surface area contributed by atoms with Crippen LogP contribution in [0, 0.1) is 0 Å². The Bertz CT molecular complexity index is 1330. The Balaban J connectivity index is 1.93. The summed E-state index contributed by atoms with van der Waals surface area (Å²) >= 11 is 0. The van der Waals surface area contributed by atoms with Crippen LogP contribution >= 0.6 is 0 Å². The lowest BCUT2D eigenvalue weighted by Crippen LogP contribution is -2.22. The van der Waals surface area contributed by atoms with Crippen molar-refractivity contribution in [1.82, 2.24) is 0 Å². The molecule has 0 aromatic heterocycles. The fourth-order valence-electron chi connectivity index (χ4n) is 4.24. The number of ether oxygens (including phenoxy) is 6. The molecule has 38 heavy (non-hydrogen) atoms. The van der Waals surface area contributed by atoms with Crippen LogP contribution in [0.15, 0.2) is 29.2 Å². The van der Waals surface area contributed by atoms with Crippen LogP contribution in [0.25, 0.3) is 0 Å². The summed E-state index contributed by atoms with van der Waals surface area (Å²) in [6.07, 6.45) is 0.186. The Kier molecular flexibility index (Phi) is 9.36. The average Bonchev–Trinajstić information content (AvgIpc) is 3.34. The van der Waals surface area contributed by atoms with E-state index in [4.69, 9.17) is 33.0 Å². The van der Waals surface area contributed by atoms with E-state index in [1.807, 2.05) is 0 Å². The third-order valence-electron chi connectivity index (χ3n) is 5.88. The van der Waals surface area contributed by atoms with Gasteiger partial charge in [-0.15, -0.1) is 0 Å². The molecule has 0 bridgehead atoms. The topological polar surface area (TPSA) is 153 Å². The van der Waals surface area contributed by atoms with E-state index < -0.39 is 32.4 Å². The van der Waals surface area contributed by atoms with Gasteiger partial charge in [-0.3, -0.25) is 4.55 Å². The van der Waals surface area contributed by atoms with Crippen LogP contribution in [0.5, 0.6) is 28.7 Å². The third-order valence-corrected chi connectivity index (χ3v) is 7.60. The number of methoxy groups -OCH3 is 4. The molecule has 1 fully saturated rings. The van der Waals surface area contributed by atoms with E-state index >= 15 is 0 Å². The minimum atomic E-state index is -4.68. The Morgan fingerprint density at radius 1 is 0.868 bits per heavy atom. The highest BCUT2D eigenvalue weighted by Crippen LogP contribution is 2.48. The number of hydrogen-bond donors (Lipinski definition) is 1. The molecule has 1 aliphatic heterocycles. The SMILES string of the molecule is COc1cc([C@H]2CC[C@H](c3cc(OC)c(OC)c(OC)c3)O2)c(S(C)(=O)=O)cc1OCC(C)OS(=O)(=O)O. The highest BCUT2D eigenvalue weighted by atomic mass is 32.3. The van der Waals surface area contributed by atoms with E-state index in [9.17, 15) is 16.8 Å². The summed E-state index contributed by atoms with van der Waals surface area (Å²) in [5, 5.41) is 0. The monoisotopic (exact) mass is 576 g/mol. The van der Waals surface area contributed by atoms with Gasteiger partial charge >= 0.3 is 10.4 Å². The molecule has 12 nitrogen and oxygen atoms in total. The molecule has 1 aliphatic rings. The quantitative estimate of drug-likeness (QED) is 0.369. The van der Waals surface area contributed by atoms with Crippen LogP contribution in [0.2, 0.25) is 0 Å². The summed E-state index contributed by atoms with van der Waals surface area (Å²) in [6, 6.07) is 6.42. The fraction of sp³-hybridized carbons (Fsp3) is 0.500. The Morgan fingerprint density at radius 2 is 1.45 bits per heavy atom. The highest BCUT2D eigenvalue weighted by Gasteiger charge is 2.33. The lowest BCUT2D eigenvalue weighted by atomic mass is 10.0. The van der Waals surface area contributed by atoms with Gasteiger partial charge in [-0.1, -0.05) is 0 Å². The van der Waals surface area contributed by atoms with Crippen molar-refractivity contribution in [2.24, 2.45) is 0 Å². The molecule has 14 heteroatoms. The second-order valence-electron chi connectivity index (χ2n) is 8.61. The molecule has 1 heterocycles. The van der Waals surface area contributed by atoms with E-state index in [1.54, 1.807) is 12.1 Å². The molecule has 1 unspecified atom stereocenters. The van der Waals surface area contributed by atoms with E-state index in [2.05, 4.69) is 4.18 Å². The van der Waals surface area contributed by atoms with Gasteiger partial charge in [0.1, 0.15) is 12.7 Å². The summed E-state index contributed by atoms with van der Waals surface area (Å²) in [6.45, 7) is 1.06. The van der Waals surface area contributed by atoms with Crippen molar-refractivity contribution in [3.8, 4) is 28.7 Å². The molecular formula is C24H32O12S2. The van der Waals surface area contributed by atoms with E-state index in [0.717, 1.165) is 11.8 Å².